The van der Waals surface area contributed by atoms with Crippen molar-refractivity contribution in [3.8, 4) is 0 Å². The highest BCUT2D eigenvalue weighted by Gasteiger charge is 2.40. The van der Waals surface area contributed by atoms with Gasteiger partial charge >= 0.3 is 0 Å². The quantitative estimate of drug-likeness (QED) is 0.621. The zero-order valence-corrected chi connectivity index (χ0v) is 8.01. The van der Waals surface area contributed by atoms with Gasteiger partial charge in [0.25, 0.3) is 0 Å². The Balaban J connectivity index is 2.24. The molecule has 2 N–H and O–H groups in total. The molecule has 78 valence electrons. The molecule has 2 atom stereocenters. The number of aliphatic hydroxyl groups is 2. The van der Waals surface area contributed by atoms with Crippen LogP contribution in [0.2, 0.25) is 0 Å². The van der Waals surface area contributed by atoms with Crippen molar-refractivity contribution in [3.05, 3.63) is 23.8 Å². The van der Waals surface area contributed by atoms with Crippen LogP contribution in [0.5, 0.6) is 0 Å². The van der Waals surface area contributed by atoms with Gasteiger partial charge in [-0.3, -0.25) is 0 Å². The highest BCUT2D eigenvalue weighted by molar-refractivity contribution is 5.30. The second-order valence-electron chi connectivity index (χ2n) is 3.58. The molecule has 2 rings (SSSR count). The number of rotatable bonds is 1. The van der Waals surface area contributed by atoms with Crippen LogP contribution in [-0.2, 0) is 9.47 Å². The van der Waals surface area contributed by atoms with E-state index in [0.717, 1.165) is 0 Å². The fourth-order valence-corrected chi connectivity index (χ4v) is 1.76. The van der Waals surface area contributed by atoms with Gasteiger partial charge in [0.1, 0.15) is 12.2 Å². The van der Waals surface area contributed by atoms with E-state index in [1.54, 1.807) is 19.1 Å². The first-order valence-electron chi connectivity index (χ1n) is 4.66. The fourth-order valence-electron chi connectivity index (χ4n) is 1.76. The van der Waals surface area contributed by atoms with Gasteiger partial charge in [-0.15, -0.1) is 0 Å². The summed E-state index contributed by atoms with van der Waals surface area (Å²) in [5.41, 5.74) is 0.574. The van der Waals surface area contributed by atoms with Crippen molar-refractivity contribution in [1.82, 2.24) is 0 Å². The molecule has 0 saturated carbocycles. The van der Waals surface area contributed by atoms with E-state index < -0.39 is 18.0 Å². The van der Waals surface area contributed by atoms with Crippen LogP contribution >= 0.6 is 0 Å². The lowest BCUT2D eigenvalue weighted by atomic mass is 9.93. The van der Waals surface area contributed by atoms with Crippen molar-refractivity contribution in [1.29, 1.82) is 0 Å². The van der Waals surface area contributed by atoms with Crippen molar-refractivity contribution in [3.63, 3.8) is 0 Å². The normalized spacial score (nSPS) is 35.8. The first-order valence-corrected chi connectivity index (χ1v) is 4.66. The third kappa shape index (κ3) is 1.50. The Hall–Kier alpha value is -0.680. The number of ether oxygens (including phenoxy) is 2. The molecule has 14 heavy (non-hydrogen) atoms. The van der Waals surface area contributed by atoms with E-state index in [2.05, 4.69) is 0 Å². The van der Waals surface area contributed by atoms with Gasteiger partial charge in [-0.2, -0.15) is 0 Å². The second kappa shape index (κ2) is 3.47. The Bertz CT molecular complexity index is 276. The molecule has 0 spiro atoms. The molecule has 0 aromatic carbocycles. The zero-order chi connectivity index (χ0) is 10.2. The van der Waals surface area contributed by atoms with E-state index in [0.29, 0.717) is 18.8 Å². The number of allylic oxidation sites excluding steroid dienone is 2. The van der Waals surface area contributed by atoms with Gasteiger partial charge in [0.15, 0.2) is 5.79 Å². The van der Waals surface area contributed by atoms with Crippen LogP contribution in [0.3, 0.4) is 0 Å². The van der Waals surface area contributed by atoms with Crippen LogP contribution in [0.25, 0.3) is 0 Å². The highest BCUT2D eigenvalue weighted by atomic mass is 16.7. The molecule has 2 aliphatic rings. The van der Waals surface area contributed by atoms with E-state index in [9.17, 15) is 10.2 Å². The third-order valence-corrected chi connectivity index (χ3v) is 2.59. The fraction of sp³-hybridized carbons (Fsp3) is 0.600. The Morgan fingerprint density at radius 3 is 2.64 bits per heavy atom. The number of aliphatic hydroxyl groups excluding tert-OH is 2. The molecule has 0 bridgehead atoms. The molecule has 1 saturated heterocycles. The monoisotopic (exact) mass is 198 g/mol. The summed E-state index contributed by atoms with van der Waals surface area (Å²) in [7, 11) is 0. The van der Waals surface area contributed by atoms with Gasteiger partial charge in [0, 0.05) is 5.57 Å². The molecule has 0 aromatic heterocycles. The summed E-state index contributed by atoms with van der Waals surface area (Å²) in [4.78, 5) is 0. The summed E-state index contributed by atoms with van der Waals surface area (Å²) in [6, 6.07) is 0. The summed E-state index contributed by atoms with van der Waals surface area (Å²) < 4.78 is 10.8. The maximum absolute atomic E-state index is 9.73. The third-order valence-electron chi connectivity index (χ3n) is 2.59. The molecule has 0 radical (unpaired) electrons. The van der Waals surface area contributed by atoms with Crippen molar-refractivity contribution < 1.29 is 19.7 Å². The summed E-state index contributed by atoms with van der Waals surface area (Å²) in [6.07, 6.45) is 3.14. The van der Waals surface area contributed by atoms with Crippen LogP contribution in [-0.4, -0.2) is 41.4 Å². The van der Waals surface area contributed by atoms with Gasteiger partial charge in [-0.25, -0.2) is 0 Å². The summed E-state index contributed by atoms with van der Waals surface area (Å²) in [5, 5.41) is 19.2. The van der Waals surface area contributed by atoms with E-state index in [-0.39, 0.29) is 0 Å². The molecule has 1 aliphatic heterocycles. The predicted octanol–water partition coefficient (Wildman–Crippen LogP) is -0.0326. The van der Waals surface area contributed by atoms with Gasteiger partial charge in [0.2, 0.25) is 0 Å². The first kappa shape index (κ1) is 9.86. The van der Waals surface area contributed by atoms with Gasteiger partial charge in [-0.1, -0.05) is 18.2 Å². The molecule has 0 amide bonds. The lowest BCUT2D eigenvalue weighted by molar-refractivity contribution is -0.126. The Morgan fingerprint density at radius 2 is 2.00 bits per heavy atom. The number of hydrogen-bond acceptors (Lipinski definition) is 4. The topological polar surface area (TPSA) is 58.9 Å². The molecule has 4 heteroatoms. The van der Waals surface area contributed by atoms with Crippen molar-refractivity contribution >= 4 is 0 Å². The number of hydrogen-bond donors (Lipinski definition) is 2. The molecule has 1 heterocycles. The molecule has 2 unspecified atom stereocenters. The minimum absolute atomic E-state index is 0.514. The average molecular weight is 198 g/mol. The van der Waals surface area contributed by atoms with Gasteiger partial charge in [-0.05, 0) is 6.92 Å². The predicted molar refractivity (Wildman–Crippen MR) is 49.5 cm³/mol. The largest absolute Gasteiger partial charge is 0.386 e. The first-order chi connectivity index (χ1) is 6.63. The molecular weight excluding hydrogens is 184 g/mol. The maximum Gasteiger partial charge on any atom is 0.190 e. The smallest absolute Gasteiger partial charge is 0.190 e. The van der Waals surface area contributed by atoms with Crippen LogP contribution in [0.15, 0.2) is 23.8 Å². The van der Waals surface area contributed by atoms with E-state index in [1.807, 2.05) is 0 Å². The Morgan fingerprint density at radius 1 is 1.36 bits per heavy atom. The zero-order valence-electron chi connectivity index (χ0n) is 8.01. The van der Waals surface area contributed by atoms with Gasteiger partial charge < -0.3 is 19.7 Å². The van der Waals surface area contributed by atoms with Crippen LogP contribution in [0, 0.1) is 0 Å². The van der Waals surface area contributed by atoms with Crippen LogP contribution in [0.4, 0.5) is 0 Å². The lowest BCUT2D eigenvalue weighted by Gasteiger charge is -2.31. The summed E-state index contributed by atoms with van der Waals surface area (Å²) in [5.74, 6) is -0.884. The van der Waals surface area contributed by atoms with E-state index >= 15 is 0 Å². The Kier molecular flexibility index (Phi) is 2.45. The Labute approximate surface area is 82.4 Å². The molecular formula is C10H14O4. The minimum atomic E-state index is -0.942. The average Bonchev–Trinajstić information content (AvgIpc) is 2.58. The molecule has 1 fully saturated rings. The molecule has 4 nitrogen and oxygen atoms in total. The van der Waals surface area contributed by atoms with E-state index in [4.69, 9.17) is 9.47 Å². The molecule has 1 aliphatic carbocycles. The maximum atomic E-state index is 9.73. The standard InChI is InChI=1S/C10H14O4/c1-10(13-5-6-14-10)7-3-2-4-8(11)9(7)12/h2-4,8-9,11-12H,5-6H2,1H3. The lowest BCUT2D eigenvalue weighted by Crippen LogP contribution is -2.40. The highest BCUT2D eigenvalue weighted by Crippen LogP contribution is 2.32. The molecule has 0 aromatic rings. The van der Waals surface area contributed by atoms with Gasteiger partial charge in [0.05, 0.1) is 13.2 Å². The summed E-state index contributed by atoms with van der Waals surface area (Å²) in [6.45, 7) is 2.78. The SMILES string of the molecule is CC1(C2=CC=CC(O)C2O)OCCO1. The van der Waals surface area contributed by atoms with Crippen LogP contribution < -0.4 is 0 Å². The van der Waals surface area contributed by atoms with Crippen molar-refractivity contribution in [2.24, 2.45) is 0 Å². The summed E-state index contributed by atoms with van der Waals surface area (Å²) >= 11 is 0. The van der Waals surface area contributed by atoms with Crippen molar-refractivity contribution in [2.45, 2.75) is 24.9 Å². The van der Waals surface area contributed by atoms with E-state index in [1.165, 1.54) is 6.08 Å². The van der Waals surface area contributed by atoms with Crippen LogP contribution in [0.1, 0.15) is 6.92 Å². The minimum Gasteiger partial charge on any atom is -0.386 e. The second-order valence-corrected chi connectivity index (χ2v) is 3.58. The van der Waals surface area contributed by atoms with Crippen molar-refractivity contribution in [2.75, 3.05) is 13.2 Å².